The van der Waals surface area contributed by atoms with E-state index in [1.807, 2.05) is 6.92 Å². The first-order valence-corrected chi connectivity index (χ1v) is 10.8. The number of rotatable bonds is 3. The highest BCUT2D eigenvalue weighted by Gasteiger charge is 2.63. The van der Waals surface area contributed by atoms with Crippen LogP contribution < -0.4 is 0 Å². The number of carbonyl (C=O) groups is 2. The Bertz CT molecular complexity index is 968. The first kappa shape index (κ1) is 18.4. The van der Waals surface area contributed by atoms with Gasteiger partial charge in [0.15, 0.2) is 11.6 Å². The minimum atomic E-state index is -0.836. The summed E-state index contributed by atoms with van der Waals surface area (Å²) in [6, 6.07) is 2.96. The van der Waals surface area contributed by atoms with E-state index in [9.17, 15) is 14.0 Å². The number of benzene rings is 1. The fourth-order valence-corrected chi connectivity index (χ4v) is 6.53. The second-order valence-electron chi connectivity index (χ2n) is 7.84. The topological polar surface area (TPSA) is 56.3 Å². The van der Waals surface area contributed by atoms with Crippen molar-refractivity contribution in [2.75, 3.05) is 0 Å². The zero-order valence-corrected chi connectivity index (χ0v) is 17.1. The van der Waals surface area contributed by atoms with Crippen molar-refractivity contribution in [3.63, 3.8) is 0 Å². The summed E-state index contributed by atoms with van der Waals surface area (Å²) in [5.41, 5.74) is 1.58. The number of hydrogen-bond acceptors (Lipinski definition) is 5. The van der Waals surface area contributed by atoms with Gasteiger partial charge >= 0.3 is 0 Å². The number of Topliss-reactive ketones (excluding diaryl/α,β-unsaturated/α-hetero) is 2. The molecule has 3 aliphatic rings. The normalized spacial score (nSPS) is 31.1. The van der Waals surface area contributed by atoms with E-state index in [-0.39, 0.29) is 35.6 Å². The van der Waals surface area contributed by atoms with E-state index in [0.29, 0.717) is 33.3 Å². The average Bonchev–Trinajstić information content (AvgIpc) is 3.37. The highest BCUT2D eigenvalue weighted by atomic mass is 35.5. The Morgan fingerprint density at radius 2 is 1.86 bits per heavy atom. The Hall–Kier alpha value is -1.63. The van der Waals surface area contributed by atoms with E-state index in [2.05, 4.69) is 4.98 Å². The number of aryl methyl sites for hydroxylation is 2. The van der Waals surface area contributed by atoms with Gasteiger partial charge in [-0.25, -0.2) is 9.37 Å². The molecule has 3 heterocycles. The molecule has 1 saturated carbocycles. The predicted octanol–water partition coefficient (Wildman–Crippen LogP) is 4.50. The molecule has 2 aliphatic heterocycles. The minimum Gasteiger partial charge on any atom is -0.373 e. The molecule has 5 rings (SSSR count). The summed E-state index contributed by atoms with van der Waals surface area (Å²) in [5.74, 6) is -2.08. The van der Waals surface area contributed by atoms with Crippen molar-refractivity contribution in [1.82, 2.24) is 4.98 Å². The molecular weight excluding hydrogens is 401 g/mol. The van der Waals surface area contributed by atoms with E-state index in [1.54, 1.807) is 13.0 Å². The molecule has 4 nitrogen and oxygen atoms in total. The van der Waals surface area contributed by atoms with Crippen molar-refractivity contribution in [3.05, 3.63) is 39.1 Å². The quantitative estimate of drug-likeness (QED) is 0.687. The standard InChI is InChI=1S/C21H19ClFNO3S/c1-3-13-18(24-21(28-13)14-8(2)6-9(22)7-10(14)23)17-19(25)15-11-4-5-12(27-11)16(15)20(17)26/h6-7,11-12,15-17H,3-5H2,1-2H3/t11-,12+,15+,16-,17?. The molecule has 146 valence electrons. The molecule has 0 spiro atoms. The average molecular weight is 420 g/mol. The van der Waals surface area contributed by atoms with Crippen LogP contribution in [0.25, 0.3) is 10.6 Å². The monoisotopic (exact) mass is 419 g/mol. The molecule has 0 radical (unpaired) electrons. The van der Waals surface area contributed by atoms with Gasteiger partial charge in [-0.1, -0.05) is 18.5 Å². The van der Waals surface area contributed by atoms with Gasteiger partial charge in [-0.3, -0.25) is 9.59 Å². The molecule has 2 aromatic rings. The summed E-state index contributed by atoms with van der Waals surface area (Å²) in [5, 5.41) is 0.825. The highest BCUT2D eigenvalue weighted by Crippen LogP contribution is 2.53. The van der Waals surface area contributed by atoms with E-state index in [4.69, 9.17) is 16.3 Å². The molecule has 28 heavy (non-hydrogen) atoms. The van der Waals surface area contributed by atoms with Gasteiger partial charge in [-0.15, -0.1) is 11.3 Å². The number of hydrogen-bond donors (Lipinski definition) is 0. The van der Waals surface area contributed by atoms with Crippen LogP contribution in [0.3, 0.4) is 0 Å². The first-order chi connectivity index (χ1) is 13.4. The Labute approximate surface area is 171 Å². The molecule has 0 N–H and O–H groups in total. The summed E-state index contributed by atoms with van der Waals surface area (Å²) in [6.45, 7) is 3.74. The van der Waals surface area contributed by atoms with Crippen LogP contribution >= 0.6 is 22.9 Å². The minimum absolute atomic E-state index is 0.0675. The maximum absolute atomic E-state index is 14.6. The number of ether oxygens (including phenoxy) is 1. The molecule has 1 unspecified atom stereocenters. The maximum atomic E-state index is 14.6. The number of thiazole rings is 1. The SMILES string of the molecule is CCc1sc(-c2c(C)cc(Cl)cc2F)nc1C1C(=O)[C@@H]2[C@H](C1=O)[C@@H]1CC[C@H]2O1. The van der Waals surface area contributed by atoms with Crippen molar-refractivity contribution >= 4 is 34.5 Å². The molecule has 1 aromatic carbocycles. The fourth-order valence-electron chi connectivity index (χ4n) is 5.12. The molecule has 3 fully saturated rings. The smallest absolute Gasteiger partial charge is 0.155 e. The lowest BCUT2D eigenvalue weighted by molar-refractivity contribution is -0.127. The fraction of sp³-hybridized carbons (Fsp3) is 0.476. The summed E-state index contributed by atoms with van der Waals surface area (Å²) in [6.07, 6.45) is 2.06. The zero-order chi connectivity index (χ0) is 19.7. The van der Waals surface area contributed by atoms with E-state index >= 15 is 0 Å². The summed E-state index contributed by atoms with van der Waals surface area (Å²) >= 11 is 7.30. The Morgan fingerprint density at radius 3 is 2.43 bits per heavy atom. The number of ketones is 2. The van der Waals surface area contributed by atoms with Crippen LogP contribution in [0, 0.1) is 24.6 Å². The third-order valence-corrected chi connectivity index (χ3v) is 7.74. The van der Waals surface area contributed by atoms with Crippen molar-refractivity contribution < 1.29 is 18.7 Å². The van der Waals surface area contributed by atoms with Gasteiger partial charge in [0.25, 0.3) is 0 Å². The third-order valence-electron chi connectivity index (χ3n) is 6.29. The lowest BCUT2D eigenvalue weighted by Gasteiger charge is -2.16. The van der Waals surface area contributed by atoms with Crippen LogP contribution in [0.15, 0.2) is 12.1 Å². The van der Waals surface area contributed by atoms with Gasteiger partial charge in [0.1, 0.15) is 16.7 Å². The Balaban J connectivity index is 1.59. The van der Waals surface area contributed by atoms with Crippen molar-refractivity contribution in [2.45, 2.75) is 51.2 Å². The van der Waals surface area contributed by atoms with E-state index in [0.717, 1.165) is 17.7 Å². The Morgan fingerprint density at radius 1 is 1.21 bits per heavy atom. The van der Waals surface area contributed by atoms with Gasteiger partial charge in [-0.05, 0) is 43.9 Å². The van der Waals surface area contributed by atoms with Gasteiger partial charge < -0.3 is 4.74 Å². The molecule has 0 amide bonds. The highest BCUT2D eigenvalue weighted by molar-refractivity contribution is 7.15. The van der Waals surface area contributed by atoms with Crippen LogP contribution in [0.5, 0.6) is 0 Å². The summed E-state index contributed by atoms with van der Waals surface area (Å²) in [7, 11) is 0. The number of carbonyl (C=O) groups excluding carboxylic acids is 2. The number of aromatic nitrogens is 1. The second-order valence-corrected chi connectivity index (χ2v) is 9.36. The molecular formula is C21H19ClFNO3S. The summed E-state index contributed by atoms with van der Waals surface area (Å²) in [4.78, 5) is 31.8. The van der Waals surface area contributed by atoms with Gasteiger partial charge in [-0.2, -0.15) is 0 Å². The molecule has 2 saturated heterocycles. The van der Waals surface area contributed by atoms with E-state index < -0.39 is 11.7 Å². The van der Waals surface area contributed by atoms with Crippen LogP contribution in [-0.4, -0.2) is 28.8 Å². The van der Waals surface area contributed by atoms with Crippen LogP contribution in [0.1, 0.15) is 41.8 Å². The maximum Gasteiger partial charge on any atom is 0.155 e. The second kappa shape index (κ2) is 6.44. The number of nitrogens with zero attached hydrogens (tertiary/aromatic N) is 1. The molecule has 2 bridgehead atoms. The van der Waals surface area contributed by atoms with E-state index in [1.165, 1.54) is 17.4 Å². The van der Waals surface area contributed by atoms with Gasteiger partial charge in [0, 0.05) is 15.5 Å². The predicted molar refractivity (Wildman–Crippen MR) is 104 cm³/mol. The third kappa shape index (κ3) is 2.47. The zero-order valence-electron chi connectivity index (χ0n) is 15.5. The number of fused-ring (bicyclic) bond motifs is 5. The van der Waals surface area contributed by atoms with Crippen LogP contribution in [-0.2, 0) is 20.7 Å². The summed E-state index contributed by atoms with van der Waals surface area (Å²) < 4.78 is 20.4. The van der Waals surface area contributed by atoms with Gasteiger partial charge in [0.2, 0.25) is 0 Å². The largest absolute Gasteiger partial charge is 0.373 e. The van der Waals surface area contributed by atoms with Crippen LogP contribution in [0.2, 0.25) is 5.02 Å². The Kier molecular flexibility index (Phi) is 4.23. The van der Waals surface area contributed by atoms with Crippen LogP contribution in [0.4, 0.5) is 4.39 Å². The van der Waals surface area contributed by atoms with Crippen molar-refractivity contribution in [3.8, 4) is 10.6 Å². The lowest BCUT2D eigenvalue weighted by Crippen LogP contribution is -2.29. The molecule has 7 heteroatoms. The van der Waals surface area contributed by atoms with Crippen molar-refractivity contribution in [2.24, 2.45) is 11.8 Å². The van der Waals surface area contributed by atoms with Crippen molar-refractivity contribution in [1.29, 1.82) is 0 Å². The molecule has 5 atom stereocenters. The molecule has 1 aromatic heterocycles. The first-order valence-electron chi connectivity index (χ1n) is 9.59. The lowest BCUT2D eigenvalue weighted by atomic mass is 9.81. The number of halogens is 2. The van der Waals surface area contributed by atoms with Gasteiger partial charge in [0.05, 0.1) is 29.7 Å². The molecule has 1 aliphatic carbocycles.